The fourth-order valence-corrected chi connectivity index (χ4v) is 4.78. The van der Waals surface area contributed by atoms with Gasteiger partial charge in [-0.1, -0.05) is 19.3 Å². The third-order valence-corrected chi connectivity index (χ3v) is 6.82. The Hall–Kier alpha value is -3.06. The van der Waals surface area contributed by atoms with E-state index in [2.05, 4.69) is 24.3 Å². The molecule has 1 N–H and O–H groups in total. The lowest BCUT2D eigenvalue weighted by atomic mass is 9.80. The number of methoxy groups -OCH3 is 1. The van der Waals surface area contributed by atoms with Gasteiger partial charge in [0.2, 0.25) is 16.9 Å². The molecule has 0 radical (unpaired) electrons. The highest BCUT2D eigenvalue weighted by atomic mass is 16.5. The lowest BCUT2D eigenvalue weighted by Gasteiger charge is -2.43. The fraction of sp³-hybridized carbons (Fsp3) is 0.462. The summed E-state index contributed by atoms with van der Waals surface area (Å²) < 4.78 is 17.1. The molecule has 0 aliphatic heterocycles. The van der Waals surface area contributed by atoms with Crippen LogP contribution in [0.2, 0.25) is 0 Å². The number of hydrogen-bond donors (Lipinski definition) is 1. The molecule has 2 heterocycles. The number of nitrogens with one attached hydrogen (secondary N) is 1. The van der Waals surface area contributed by atoms with E-state index in [1.165, 1.54) is 25.3 Å². The molecular formula is C26H32N2O5. The van der Waals surface area contributed by atoms with Crippen LogP contribution in [0.5, 0.6) is 5.75 Å². The molecule has 1 fully saturated rings. The molecule has 1 amide bonds. The first kappa shape index (κ1) is 23.1. The first-order valence-electron chi connectivity index (χ1n) is 11.5. The van der Waals surface area contributed by atoms with Crippen LogP contribution in [0.3, 0.4) is 0 Å². The lowest BCUT2D eigenvalue weighted by molar-refractivity contribution is -0.121. The molecule has 1 aromatic carbocycles. The number of aryl methyl sites for hydroxylation is 1. The molecule has 176 valence electrons. The van der Waals surface area contributed by atoms with Crippen molar-refractivity contribution in [2.45, 2.75) is 51.0 Å². The van der Waals surface area contributed by atoms with Gasteiger partial charge >= 0.3 is 0 Å². The Labute approximate surface area is 193 Å². The van der Waals surface area contributed by atoms with Crippen LogP contribution in [0.1, 0.15) is 43.4 Å². The molecule has 7 nitrogen and oxygen atoms in total. The molecule has 1 aliphatic carbocycles. The second kappa shape index (κ2) is 9.43. The summed E-state index contributed by atoms with van der Waals surface area (Å²) in [6, 6.07) is 8.72. The normalized spacial score (nSPS) is 15.7. The average molecular weight is 453 g/mol. The molecule has 0 atom stereocenters. The smallest absolute Gasteiger partial charge is 0.228 e. The Morgan fingerprint density at radius 3 is 2.42 bits per heavy atom. The van der Waals surface area contributed by atoms with Crippen molar-refractivity contribution in [3.05, 3.63) is 51.9 Å². The number of benzene rings is 1. The zero-order chi connectivity index (χ0) is 23.6. The van der Waals surface area contributed by atoms with Gasteiger partial charge in [-0.15, -0.1) is 0 Å². The minimum absolute atomic E-state index is 0.0195. The third-order valence-electron chi connectivity index (χ3n) is 6.82. The van der Waals surface area contributed by atoms with Crippen molar-refractivity contribution in [2.75, 3.05) is 27.7 Å². The SMILES string of the molecule is COc1ccc(-c2oc3c(=O)cc(C)oc3c2CC(=O)NCC2(N(C)C)CCCCC2)cc1. The summed E-state index contributed by atoms with van der Waals surface area (Å²) in [6.45, 7) is 2.31. The Balaban J connectivity index is 1.65. The standard InChI is InChI=1S/C26H32N2O5/c1-17-14-21(29)25-24(32-17)20(23(33-25)18-8-10-19(31-4)11-9-18)15-22(30)27-16-26(28(2)3)12-6-5-7-13-26/h8-11,14H,5-7,12-13,15-16H2,1-4H3,(H,27,30). The van der Waals surface area contributed by atoms with Crippen molar-refractivity contribution in [2.24, 2.45) is 0 Å². The number of likely N-dealkylation sites (N-methyl/N-ethyl adjacent to an activating group) is 1. The second-order valence-corrected chi connectivity index (χ2v) is 9.15. The zero-order valence-corrected chi connectivity index (χ0v) is 19.8. The Morgan fingerprint density at radius 1 is 1.09 bits per heavy atom. The van der Waals surface area contributed by atoms with E-state index in [0.29, 0.717) is 35.0 Å². The number of fused-ring (bicyclic) bond motifs is 1. The highest BCUT2D eigenvalue weighted by Gasteiger charge is 2.34. The van der Waals surface area contributed by atoms with Crippen molar-refractivity contribution < 1.29 is 18.4 Å². The van der Waals surface area contributed by atoms with Crippen molar-refractivity contribution in [3.63, 3.8) is 0 Å². The fourth-order valence-electron chi connectivity index (χ4n) is 4.78. The predicted molar refractivity (Wildman–Crippen MR) is 128 cm³/mol. The summed E-state index contributed by atoms with van der Waals surface area (Å²) in [4.78, 5) is 27.9. The van der Waals surface area contributed by atoms with Crippen molar-refractivity contribution in [1.82, 2.24) is 10.2 Å². The maximum Gasteiger partial charge on any atom is 0.228 e. The number of ether oxygens (including phenoxy) is 1. The molecule has 1 aliphatic rings. The van der Waals surface area contributed by atoms with E-state index >= 15 is 0 Å². The molecule has 0 bridgehead atoms. The van der Waals surface area contributed by atoms with Gasteiger partial charge < -0.3 is 23.8 Å². The molecule has 3 aromatic rings. The molecule has 4 rings (SSSR count). The van der Waals surface area contributed by atoms with Crippen LogP contribution >= 0.6 is 0 Å². The van der Waals surface area contributed by atoms with Crippen LogP contribution in [-0.4, -0.2) is 44.1 Å². The van der Waals surface area contributed by atoms with Gasteiger partial charge in [-0.3, -0.25) is 9.59 Å². The number of carbonyl (C=O) groups excluding carboxylic acids is 1. The van der Waals surface area contributed by atoms with Gasteiger partial charge in [0.1, 0.15) is 17.3 Å². The van der Waals surface area contributed by atoms with Crippen LogP contribution in [0.4, 0.5) is 0 Å². The Bertz CT molecular complexity index is 1180. The van der Waals surface area contributed by atoms with E-state index in [1.54, 1.807) is 14.0 Å². The van der Waals surface area contributed by atoms with Gasteiger partial charge in [-0.05, 0) is 58.1 Å². The number of nitrogens with zero attached hydrogens (tertiary/aromatic N) is 1. The van der Waals surface area contributed by atoms with Gasteiger partial charge in [-0.25, -0.2) is 0 Å². The van der Waals surface area contributed by atoms with Crippen LogP contribution in [0.15, 0.2) is 44.0 Å². The van der Waals surface area contributed by atoms with Crippen molar-refractivity contribution in [3.8, 4) is 17.1 Å². The summed E-state index contributed by atoms with van der Waals surface area (Å²) in [7, 11) is 5.77. The minimum atomic E-state index is -0.260. The van der Waals surface area contributed by atoms with E-state index in [0.717, 1.165) is 18.4 Å². The molecular weight excluding hydrogens is 420 g/mol. The lowest BCUT2D eigenvalue weighted by Crippen LogP contribution is -2.54. The highest BCUT2D eigenvalue weighted by Crippen LogP contribution is 2.35. The maximum atomic E-state index is 13.1. The van der Waals surface area contributed by atoms with Gasteiger partial charge in [0, 0.05) is 23.7 Å². The van der Waals surface area contributed by atoms with Crippen molar-refractivity contribution in [1.29, 1.82) is 0 Å². The number of hydrogen-bond acceptors (Lipinski definition) is 6. The Morgan fingerprint density at radius 2 is 1.79 bits per heavy atom. The van der Waals surface area contributed by atoms with Crippen molar-refractivity contribution >= 4 is 17.1 Å². The first-order chi connectivity index (χ1) is 15.8. The molecule has 2 aromatic heterocycles. The van der Waals surface area contributed by atoms with Gasteiger partial charge in [0.05, 0.1) is 19.1 Å². The van der Waals surface area contributed by atoms with E-state index in [-0.39, 0.29) is 28.9 Å². The summed E-state index contributed by atoms with van der Waals surface area (Å²) >= 11 is 0. The van der Waals surface area contributed by atoms with E-state index in [9.17, 15) is 9.59 Å². The highest BCUT2D eigenvalue weighted by molar-refractivity contribution is 5.90. The number of amides is 1. The molecule has 1 saturated carbocycles. The number of rotatable bonds is 7. The topological polar surface area (TPSA) is 84.9 Å². The average Bonchev–Trinajstić information content (AvgIpc) is 3.16. The maximum absolute atomic E-state index is 13.1. The Kier molecular flexibility index (Phi) is 6.61. The van der Waals surface area contributed by atoms with Crippen LogP contribution in [-0.2, 0) is 11.2 Å². The molecule has 0 saturated heterocycles. The van der Waals surface area contributed by atoms with E-state index in [4.69, 9.17) is 13.6 Å². The second-order valence-electron chi connectivity index (χ2n) is 9.15. The quantitative estimate of drug-likeness (QED) is 0.576. The monoisotopic (exact) mass is 452 g/mol. The predicted octanol–water partition coefficient (Wildman–Crippen LogP) is 4.29. The number of furan rings is 1. The summed E-state index contributed by atoms with van der Waals surface area (Å²) in [5, 5.41) is 3.14. The number of carbonyl (C=O) groups is 1. The molecule has 7 heteroatoms. The molecule has 33 heavy (non-hydrogen) atoms. The largest absolute Gasteiger partial charge is 0.497 e. The summed E-state index contributed by atoms with van der Waals surface area (Å²) in [6.07, 6.45) is 5.79. The first-order valence-corrected chi connectivity index (χ1v) is 11.5. The molecule has 0 unspecified atom stereocenters. The molecule has 0 spiro atoms. The summed E-state index contributed by atoms with van der Waals surface area (Å²) in [5.74, 6) is 1.53. The minimum Gasteiger partial charge on any atom is -0.497 e. The van der Waals surface area contributed by atoms with E-state index < -0.39 is 0 Å². The van der Waals surface area contributed by atoms with Gasteiger partial charge in [0.25, 0.3) is 0 Å². The van der Waals surface area contributed by atoms with Crippen LogP contribution in [0, 0.1) is 6.92 Å². The zero-order valence-electron chi connectivity index (χ0n) is 19.8. The van der Waals surface area contributed by atoms with Gasteiger partial charge in [0.15, 0.2) is 5.58 Å². The van der Waals surface area contributed by atoms with E-state index in [1.807, 2.05) is 24.3 Å². The van der Waals surface area contributed by atoms with Gasteiger partial charge in [-0.2, -0.15) is 0 Å². The summed E-state index contributed by atoms with van der Waals surface area (Å²) in [5.41, 5.74) is 1.51. The van der Waals surface area contributed by atoms with Crippen LogP contribution < -0.4 is 15.5 Å². The van der Waals surface area contributed by atoms with Crippen LogP contribution in [0.25, 0.3) is 22.5 Å². The third kappa shape index (κ3) is 4.69.